The molecule has 0 saturated heterocycles. The molecular formula is C47H60N8O5. The average Bonchev–Trinajstić information content (AvgIpc) is 3.70. The number of carbonyl (C=O) groups is 4. The van der Waals surface area contributed by atoms with Crippen molar-refractivity contribution in [3.05, 3.63) is 101 Å². The molecule has 1 aromatic heterocycles. The lowest BCUT2D eigenvalue weighted by Crippen LogP contribution is -2.48. The minimum Gasteiger partial charge on any atom is -0.443 e. The molecule has 0 bridgehead atoms. The number of hydrogen-bond acceptors (Lipinski definition) is 8. The largest absolute Gasteiger partial charge is 0.443 e. The van der Waals surface area contributed by atoms with E-state index in [4.69, 9.17) is 4.74 Å². The van der Waals surface area contributed by atoms with Crippen LogP contribution in [0.4, 0.5) is 21.9 Å². The van der Waals surface area contributed by atoms with Crippen molar-refractivity contribution in [3.63, 3.8) is 0 Å². The lowest BCUT2D eigenvalue weighted by molar-refractivity contribution is -0.119. The van der Waals surface area contributed by atoms with Gasteiger partial charge in [0, 0.05) is 60.1 Å². The Labute approximate surface area is 353 Å². The topological polar surface area (TPSA) is 142 Å². The Balaban J connectivity index is 0.970. The highest BCUT2D eigenvalue weighted by atomic mass is 16.6. The fraction of sp³-hybridized carbons (Fsp3) is 0.489. The molecule has 1 fully saturated rings. The summed E-state index contributed by atoms with van der Waals surface area (Å²) in [5, 5.41) is 15.5. The number of aromatic nitrogens is 3. The molecule has 3 heterocycles. The van der Waals surface area contributed by atoms with Crippen LogP contribution in [0.25, 0.3) is 0 Å². The second kappa shape index (κ2) is 18.0. The molecule has 0 unspecified atom stereocenters. The molecule has 0 spiro atoms. The molecule has 60 heavy (non-hydrogen) atoms. The van der Waals surface area contributed by atoms with Gasteiger partial charge in [-0.3, -0.25) is 19.3 Å². The normalized spacial score (nSPS) is 22.6. The molecule has 2 N–H and O–H groups in total. The van der Waals surface area contributed by atoms with Gasteiger partial charge in [-0.05, 0) is 114 Å². The van der Waals surface area contributed by atoms with Gasteiger partial charge in [0.25, 0.3) is 5.91 Å². The smallest absolute Gasteiger partial charge is 0.415 e. The number of nitrogens with one attached hydrogen (secondary N) is 2. The molecule has 3 aromatic carbocycles. The monoisotopic (exact) mass is 816 g/mol. The van der Waals surface area contributed by atoms with Gasteiger partial charge in [0.1, 0.15) is 5.60 Å². The molecule has 13 nitrogen and oxygen atoms in total. The summed E-state index contributed by atoms with van der Waals surface area (Å²) in [6, 6.07) is 23.9. The van der Waals surface area contributed by atoms with E-state index in [1.54, 1.807) is 15.8 Å². The van der Waals surface area contributed by atoms with Gasteiger partial charge in [-0.15, -0.1) is 5.10 Å². The van der Waals surface area contributed by atoms with Crippen LogP contribution in [0.2, 0.25) is 0 Å². The van der Waals surface area contributed by atoms with Crippen LogP contribution in [0.1, 0.15) is 139 Å². The summed E-state index contributed by atoms with van der Waals surface area (Å²) in [4.78, 5) is 58.6. The first-order chi connectivity index (χ1) is 28.7. The van der Waals surface area contributed by atoms with E-state index in [1.165, 1.54) is 5.56 Å². The number of carbonyl (C=O) groups excluding carboxylic acids is 4. The number of amides is 4. The Morgan fingerprint density at radius 2 is 1.33 bits per heavy atom. The first-order valence-corrected chi connectivity index (χ1v) is 21.6. The van der Waals surface area contributed by atoms with Gasteiger partial charge in [-0.2, -0.15) is 0 Å². The second-order valence-corrected chi connectivity index (χ2v) is 17.6. The van der Waals surface area contributed by atoms with Crippen LogP contribution in [-0.2, 0) is 20.9 Å². The van der Waals surface area contributed by atoms with Gasteiger partial charge in [0.15, 0.2) is 5.69 Å². The average molecular weight is 817 g/mol. The van der Waals surface area contributed by atoms with Crippen LogP contribution in [0.5, 0.6) is 0 Å². The molecule has 4 atom stereocenters. The summed E-state index contributed by atoms with van der Waals surface area (Å²) in [6.45, 7) is 13.9. The van der Waals surface area contributed by atoms with Gasteiger partial charge in [0.2, 0.25) is 11.8 Å². The molecule has 1 saturated carbocycles. The Bertz CT molecular complexity index is 2170. The zero-order valence-electron chi connectivity index (χ0n) is 36.1. The Kier molecular flexibility index (Phi) is 12.7. The van der Waals surface area contributed by atoms with E-state index < -0.39 is 11.7 Å². The van der Waals surface area contributed by atoms with Crippen molar-refractivity contribution in [2.45, 2.75) is 148 Å². The molecule has 2 aliphatic heterocycles. The maximum atomic E-state index is 14.0. The molecule has 1 aliphatic carbocycles. The Hall–Kier alpha value is -5.56. The van der Waals surface area contributed by atoms with Gasteiger partial charge < -0.3 is 25.2 Å². The van der Waals surface area contributed by atoms with E-state index in [0.717, 1.165) is 54.6 Å². The number of nitrogens with zero attached hydrogens (tertiary/aromatic N) is 6. The number of rotatable bonds is 10. The molecule has 4 aromatic rings. The third-order valence-electron chi connectivity index (χ3n) is 12.0. The van der Waals surface area contributed by atoms with Crippen molar-refractivity contribution in [3.8, 4) is 0 Å². The van der Waals surface area contributed by atoms with E-state index in [1.807, 2.05) is 112 Å². The second-order valence-electron chi connectivity index (χ2n) is 17.6. The first-order valence-electron chi connectivity index (χ1n) is 21.6. The molecule has 4 amide bonds. The van der Waals surface area contributed by atoms with Crippen molar-refractivity contribution in [1.82, 2.24) is 25.6 Å². The fourth-order valence-electron chi connectivity index (χ4n) is 9.20. The minimum atomic E-state index is -0.713. The van der Waals surface area contributed by atoms with E-state index in [0.29, 0.717) is 37.5 Å². The number of para-hydroxylation sites is 2. The molecule has 13 heteroatoms. The summed E-state index contributed by atoms with van der Waals surface area (Å²) in [7, 11) is 0. The molecule has 318 valence electrons. The van der Waals surface area contributed by atoms with E-state index in [2.05, 4.69) is 40.0 Å². The maximum Gasteiger partial charge on any atom is 0.415 e. The van der Waals surface area contributed by atoms with Crippen molar-refractivity contribution in [2.75, 3.05) is 14.7 Å². The summed E-state index contributed by atoms with van der Waals surface area (Å²) in [5.41, 5.74) is 5.03. The van der Waals surface area contributed by atoms with E-state index >= 15 is 0 Å². The number of ether oxygens (including phenoxy) is 1. The number of benzene rings is 3. The third-order valence-corrected chi connectivity index (χ3v) is 12.0. The number of fused-ring (bicyclic) bond motifs is 2. The molecule has 3 aliphatic rings. The van der Waals surface area contributed by atoms with Crippen LogP contribution in [0.3, 0.4) is 0 Å². The van der Waals surface area contributed by atoms with Crippen LogP contribution in [-0.4, -0.2) is 68.6 Å². The molecule has 0 radical (unpaired) electrons. The lowest BCUT2D eigenvalue weighted by Gasteiger charge is -2.43. The molecule has 7 rings (SSSR count). The minimum absolute atomic E-state index is 0.0443. The predicted molar refractivity (Wildman–Crippen MR) is 233 cm³/mol. The number of anilines is 3. The summed E-state index contributed by atoms with van der Waals surface area (Å²) in [6.07, 6.45) is 7.07. The quantitative estimate of drug-likeness (QED) is 0.163. The van der Waals surface area contributed by atoms with Crippen molar-refractivity contribution < 1.29 is 23.9 Å². The molecular weight excluding hydrogens is 757 g/mol. The highest BCUT2D eigenvalue weighted by molar-refractivity contribution is 5.97. The van der Waals surface area contributed by atoms with Crippen molar-refractivity contribution in [1.29, 1.82) is 0 Å². The SMILES string of the molecule is CCC(=O)N1c2ccccc2[C@H](N(C(=O)OC(C)(C)C)c2ccc(Cn3cc(C(=O)NC4CCC(N[C@@H]5C[C@H](C)N(C(=O)CC)c6ccccc65)CC4)nn3)cc2)C[C@@H]1C. The van der Waals surface area contributed by atoms with Crippen molar-refractivity contribution >= 4 is 40.9 Å². The Morgan fingerprint density at radius 3 is 1.95 bits per heavy atom. The predicted octanol–water partition coefficient (Wildman–Crippen LogP) is 8.25. The third kappa shape index (κ3) is 9.26. The van der Waals surface area contributed by atoms with Crippen molar-refractivity contribution in [2.24, 2.45) is 0 Å². The summed E-state index contributed by atoms with van der Waals surface area (Å²) in [5.74, 6) is -0.0415. The zero-order valence-corrected chi connectivity index (χ0v) is 36.1. The maximum absolute atomic E-state index is 14.0. The van der Waals surface area contributed by atoms with Gasteiger partial charge in [0.05, 0.1) is 18.8 Å². The van der Waals surface area contributed by atoms with Gasteiger partial charge in [-0.25, -0.2) is 9.48 Å². The van der Waals surface area contributed by atoms with E-state index in [9.17, 15) is 19.2 Å². The summed E-state index contributed by atoms with van der Waals surface area (Å²) < 4.78 is 7.60. The van der Waals surface area contributed by atoms with Crippen LogP contribution < -0.4 is 25.3 Å². The highest BCUT2D eigenvalue weighted by Crippen LogP contribution is 2.43. The number of hydrogen-bond donors (Lipinski definition) is 2. The summed E-state index contributed by atoms with van der Waals surface area (Å²) >= 11 is 0. The first kappa shape index (κ1) is 42.6. The van der Waals surface area contributed by atoms with E-state index in [-0.39, 0.29) is 53.6 Å². The Morgan fingerprint density at radius 1 is 0.767 bits per heavy atom. The van der Waals surface area contributed by atoms with Gasteiger partial charge in [-0.1, -0.05) is 67.6 Å². The standard InChI is InChI=1S/C47H60N8O5/c1-8-43(56)53-30(3)26-38(36-14-10-12-16-40(36)53)48-33-20-22-34(23-21-33)49-45(58)39-29-52(51-50-39)28-32-18-24-35(25-19-32)55(46(59)60-47(5,6)7)42-27-31(4)54(44(57)9-2)41-17-13-11-15-37(41)42/h10-19,24-25,29-31,33-34,38,42,48H,8-9,20-23,26-28H2,1-7H3,(H,49,58)/t30-,31-,33?,34?,38+,42+/m0/s1. The highest BCUT2D eigenvalue weighted by Gasteiger charge is 2.40. The van der Waals surface area contributed by atoms with Crippen LogP contribution in [0.15, 0.2) is 79.0 Å². The van der Waals surface area contributed by atoms with Gasteiger partial charge >= 0.3 is 6.09 Å². The lowest BCUT2D eigenvalue weighted by atomic mass is 9.87. The van der Waals surface area contributed by atoms with Crippen LogP contribution in [0, 0.1) is 0 Å². The van der Waals surface area contributed by atoms with Crippen LogP contribution >= 0.6 is 0 Å². The zero-order chi connectivity index (χ0) is 42.7. The fourth-order valence-corrected chi connectivity index (χ4v) is 9.20.